The van der Waals surface area contributed by atoms with E-state index in [1.165, 1.54) is 0 Å². The van der Waals surface area contributed by atoms with Crippen LogP contribution in [-0.4, -0.2) is 49.1 Å². The van der Waals surface area contributed by atoms with Gasteiger partial charge < -0.3 is 19.7 Å². The standard InChI is InChI=1S/C20H22N2O4/c1-15(26-16-7-3-2-4-8-16)19(23)21-18-10-6-5-9-17(18)20(24)22-11-13-25-14-12-22/h2-10,15H,11-14H2,1H3,(H,21,23). The summed E-state index contributed by atoms with van der Waals surface area (Å²) in [4.78, 5) is 27.0. The Morgan fingerprint density at radius 2 is 1.69 bits per heavy atom. The third kappa shape index (κ3) is 4.40. The number of anilines is 1. The van der Waals surface area contributed by atoms with Crippen molar-refractivity contribution in [1.82, 2.24) is 4.90 Å². The first kappa shape index (κ1) is 17.9. The Labute approximate surface area is 152 Å². The molecule has 1 fully saturated rings. The Bertz CT molecular complexity index is 757. The fourth-order valence-electron chi connectivity index (χ4n) is 2.71. The van der Waals surface area contributed by atoms with E-state index in [4.69, 9.17) is 9.47 Å². The van der Waals surface area contributed by atoms with E-state index in [-0.39, 0.29) is 11.8 Å². The molecule has 0 saturated carbocycles. The number of rotatable bonds is 5. The Kier molecular flexibility index (Phi) is 5.86. The zero-order valence-electron chi connectivity index (χ0n) is 14.7. The molecule has 1 aliphatic rings. The molecule has 26 heavy (non-hydrogen) atoms. The van der Waals surface area contributed by atoms with Crippen LogP contribution in [0.25, 0.3) is 0 Å². The van der Waals surface area contributed by atoms with Crippen LogP contribution < -0.4 is 10.1 Å². The summed E-state index contributed by atoms with van der Waals surface area (Å²) in [5.74, 6) is 0.199. The van der Waals surface area contributed by atoms with Gasteiger partial charge in [-0.15, -0.1) is 0 Å². The summed E-state index contributed by atoms with van der Waals surface area (Å²) >= 11 is 0. The van der Waals surface area contributed by atoms with Crippen LogP contribution >= 0.6 is 0 Å². The molecule has 136 valence electrons. The molecule has 2 aromatic rings. The lowest BCUT2D eigenvalue weighted by atomic mass is 10.1. The van der Waals surface area contributed by atoms with Crippen LogP contribution in [0.15, 0.2) is 54.6 Å². The topological polar surface area (TPSA) is 67.9 Å². The van der Waals surface area contributed by atoms with Gasteiger partial charge in [-0.05, 0) is 31.2 Å². The summed E-state index contributed by atoms with van der Waals surface area (Å²) < 4.78 is 10.9. The molecule has 1 saturated heterocycles. The summed E-state index contributed by atoms with van der Waals surface area (Å²) in [6, 6.07) is 16.2. The third-order valence-electron chi connectivity index (χ3n) is 4.14. The van der Waals surface area contributed by atoms with E-state index in [0.717, 1.165) is 0 Å². The highest BCUT2D eigenvalue weighted by Crippen LogP contribution is 2.19. The highest BCUT2D eigenvalue weighted by molar-refractivity contribution is 6.04. The van der Waals surface area contributed by atoms with Crippen LogP contribution in [0.5, 0.6) is 5.75 Å². The molecule has 3 rings (SSSR count). The first-order valence-corrected chi connectivity index (χ1v) is 8.64. The number of para-hydroxylation sites is 2. The van der Waals surface area contributed by atoms with Crippen LogP contribution in [0.1, 0.15) is 17.3 Å². The van der Waals surface area contributed by atoms with Crippen molar-refractivity contribution in [2.24, 2.45) is 0 Å². The zero-order valence-corrected chi connectivity index (χ0v) is 14.7. The lowest BCUT2D eigenvalue weighted by molar-refractivity contribution is -0.122. The third-order valence-corrected chi connectivity index (χ3v) is 4.14. The van der Waals surface area contributed by atoms with Gasteiger partial charge in [-0.3, -0.25) is 9.59 Å². The average molecular weight is 354 g/mol. The van der Waals surface area contributed by atoms with E-state index in [1.807, 2.05) is 18.2 Å². The quantitative estimate of drug-likeness (QED) is 0.896. The Hall–Kier alpha value is -2.86. The summed E-state index contributed by atoms with van der Waals surface area (Å²) in [5, 5.41) is 2.81. The second-order valence-electron chi connectivity index (χ2n) is 6.01. The molecule has 2 amide bonds. The van der Waals surface area contributed by atoms with E-state index in [9.17, 15) is 9.59 Å². The van der Waals surface area contributed by atoms with Crippen molar-refractivity contribution in [3.8, 4) is 5.75 Å². The second kappa shape index (κ2) is 8.49. The highest BCUT2D eigenvalue weighted by atomic mass is 16.5. The molecule has 0 radical (unpaired) electrons. The second-order valence-corrected chi connectivity index (χ2v) is 6.01. The maximum absolute atomic E-state index is 12.8. The number of nitrogens with zero attached hydrogens (tertiary/aromatic N) is 1. The highest BCUT2D eigenvalue weighted by Gasteiger charge is 2.23. The molecule has 1 atom stereocenters. The van der Waals surface area contributed by atoms with Gasteiger partial charge in [0.05, 0.1) is 24.5 Å². The predicted octanol–water partition coefficient (Wildman–Crippen LogP) is 2.57. The molecule has 0 bridgehead atoms. The first-order valence-electron chi connectivity index (χ1n) is 8.64. The molecule has 1 aliphatic heterocycles. The number of nitrogens with one attached hydrogen (secondary N) is 1. The van der Waals surface area contributed by atoms with Gasteiger partial charge in [0.25, 0.3) is 11.8 Å². The molecule has 1 heterocycles. The molecule has 2 aromatic carbocycles. The van der Waals surface area contributed by atoms with E-state index in [1.54, 1.807) is 48.2 Å². The summed E-state index contributed by atoms with van der Waals surface area (Å²) in [6.07, 6.45) is -0.691. The maximum Gasteiger partial charge on any atom is 0.265 e. The van der Waals surface area contributed by atoms with Crippen LogP contribution in [0.4, 0.5) is 5.69 Å². The van der Waals surface area contributed by atoms with Crippen LogP contribution in [0.3, 0.4) is 0 Å². The minimum atomic E-state index is -0.691. The SMILES string of the molecule is CC(Oc1ccccc1)C(=O)Nc1ccccc1C(=O)N1CCOCC1. The van der Waals surface area contributed by atoms with Crippen molar-refractivity contribution in [2.45, 2.75) is 13.0 Å². The summed E-state index contributed by atoms with van der Waals surface area (Å²) in [5.41, 5.74) is 0.951. The van der Waals surface area contributed by atoms with Gasteiger partial charge in [-0.2, -0.15) is 0 Å². The van der Waals surface area contributed by atoms with Crippen molar-refractivity contribution in [1.29, 1.82) is 0 Å². The Balaban J connectivity index is 1.69. The molecule has 6 nitrogen and oxygen atoms in total. The fourth-order valence-corrected chi connectivity index (χ4v) is 2.71. The van der Waals surface area contributed by atoms with Gasteiger partial charge in [0.15, 0.2) is 6.10 Å². The Morgan fingerprint density at radius 3 is 2.42 bits per heavy atom. The van der Waals surface area contributed by atoms with E-state index in [0.29, 0.717) is 43.3 Å². The number of morpholine rings is 1. The van der Waals surface area contributed by atoms with Gasteiger partial charge in [-0.25, -0.2) is 0 Å². The maximum atomic E-state index is 12.8. The van der Waals surface area contributed by atoms with Gasteiger partial charge in [-0.1, -0.05) is 30.3 Å². The monoisotopic (exact) mass is 354 g/mol. The predicted molar refractivity (Wildman–Crippen MR) is 98.3 cm³/mol. The van der Waals surface area contributed by atoms with Crippen molar-refractivity contribution >= 4 is 17.5 Å². The average Bonchev–Trinajstić information content (AvgIpc) is 2.69. The number of hydrogen-bond acceptors (Lipinski definition) is 4. The molecular formula is C20H22N2O4. The van der Waals surface area contributed by atoms with Crippen molar-refractivity contribution in [2.75, 3.05) is 31.6 Å². The number of hydrogen-bond donors (Lipinski definition) is 1. The van der Waals surface area contributed by atoms with Crippen LogP contribution in [0, 0.1) is 0 Å². The van der Waals surface area contributed by atoms with Gasteiger partial charge in [0.1, 0.15) is 5.75 Å². The fraction of sp³-hybridized carbons (Fsp3) is 0.300. The number of benzene rings is 2. The minimum absolute atomic E-state index is 0.110. The number of carbonyl (C=O) groups is 2. The lowest BCUT2D eigenvalue weighted by Gasteiger charge is -2.27. The van der Waals surface area contributed by atoms with Gasteiger partial charge >= 0.3 is 0 Å². The smallest absolute Gasteiger partial charge is 0.265 e. The lowest BCUT2D eigenvalue weighted by Crippen LogP contribution is -2.41. The molecule has 1 unspecified atom stereocenters. The largest absolute Gasteiger partial charge is 0.481 e. The van der Waals surface area contributed by atoms with Crippen molar-refractivity contribution in [3.63, 3.8) is 0 Å². The normalized spacial score (nSPS) is 15.2. The van der Waals surface area contributed by atoms with E-state index < -0.39 is 6.10 Å². The molecule has 1 N–H and O–H groups in total. The molecule has 0 aromatic heterocycles. The summed E-state index contributed by atoms with van der Waals surface area (Å²) in [7, 11) is 0. The molecule has 0 aliphatic carbocycles. The zero-order chi connectivity index (χ0) is 18.4. The van der Waals surface area contributed by atoms with Crippen LogP contribution in [-0.2, 0) is 9.53 Å². The van der Waals surface area contributed by atoms with Gasteiger partial charge in [0, 0.05) is 13.1 Å². The molecular weight excluding hydrogens is 332 g/mol. The Morgan fingerprint density at radius 1 is 1.04 bits per heavy atom. The van der Waals surface area contributed by atoms with Gasteiger partial charge in [0.2, 0.25) is 0 Å². The number of ether oxygens (including phenoxy) is 2. The first-order chi connectivity index (χ1) is 12.6. The molecule has 0 spiro atoms. The summed E-state index contributed by atoms with van der Waals surface area (Å²) in [6.45, 7) is 3.84. The minimum Gasteiger partial charge on any atom is -0.481 e. The van der Waals surface area contributed by atoms with Crippen molar-refractivity contribution < 1.29 is 19.1 Å². The number of carbonyl (C=O) groups excluding carboxylic acids is 2. The number of amides is 2. The van der Waals surface area contributed by atoms with E-state index in [2.05, 4.69) is 5.32 Å². The molecule has 6 heteroatoms. The van der Waals surface area contributed by atoms with E-state index >= 15 is 0 Å². The van der Waals surface area contributed by atoms with Crippen LogP contribution in [0.2, 0.25) is 0 Å². The van der Waals surface area contributed by atoms with Crippen molar-refractivity contribution in [3.05, 3.63) is 60.2 Å².